The first-order valence-electron chi connectivity index (χ1n) is 6.76. The van der Waals surface area contributed by atoms with Crippen LogP contribution in [0.25, 0.3) is 0 Å². The Morgan fingerprint density at radius 2 is 2.00 bits per heavy atom. The average Bonchev–Trinajstić information content (AvgIpc) is 2.81. The van der Waals surface area contributed by atoms with Crippen molar-refractivity contribution in [2.24, 2.45) is 17.7 Å². The van der Waals surface area contributed by atoms with Crippen molar-refractivity contribution in [3.05, 3.63) is 29.3 Å². The molecule has 0 spiro atoms. The van der Waals surface area contributed by atoms with E-state index >= 15 is 0 Å². The highest BCUT2D eigenvalue weighted by molar-refractivity contribution is 5.94. The number of nitrogen functional groups attached to an aromatic ring is 1. The summed E-state index contributed by atoms with van der Waals surface area (Å²) < 4.78 is 27.0. The minimum absolute atomic E-state index is 0.0374. The molecule has 0 heterocycles. The number of anilines is 1. The maximum absolute atomic E-state index is 13.5. The van der Waals surface area contributed by atoms with E-state index in [9.17, 15) is 13.6 Å². The molecule has 1 aliphatic rings. The number of rotatable bonds is 4. The van der Waals surface area contributed by atoms with Crippen molar-refractivity contribution in [3.63, 3.8) is 0 Å². The fourth-order valence-electron chi connectivity index (χ4n) is 2.69. The van der Waals surface area contributed by atoms with Gasteiger partial charge in [0, 0.05) is 12.1 Å². The maximum Gasteiger partial charge on any atom is 0.251 e. The number of hydrogen-bond donors (Lipinski definition) is 3. The van der Waals surface area contributed by atoms with Gasteiger partial charge in [-0.25, -0.2) is 8.78 Å². The molecule has 0 aromatic heterocycles. The SMILES string of the molecule is CC1CCCC1CNC(=O)c1cc(F)c(NN)c(F)c1. The quantitative estimate of drug-likeness (QED) is 0.587. The Morgan fingerprint density at radius 3 is 2.50 bits per heavy atom. The van der Waals surface area contributed by atoms with Crippen LogP contribution in [0, 0.1) is 23.5 Å². The van der Waals surface area contributed by atoms with Crippen LogP contribution >= 0.6 is 0 Å². The third kappa shape index (κ3) is 3.07. The molecule has 1 aromatic rings. The lowest BCUT2D eigenvalue weighted by Crippen LogP contribution is -2.30. The van der Waals surface area contributed by atoms with Crippen molar-refractivity contribution in [1.29, 1.82) is 0 Å². The number of hydrogen-bond acceptors (Lipinski definition) is 3. The smallest absolute Gasteiger partial charge is 0.251 e. The first kappa shape index (κ1) is 14.7. The van der Waals surface area contributed by atoms with E-state index in [-0.39, 0.29) is 5.56 Å². The fraction of sp³-hybridized carbons (Fsp3) is 0.500. The summed E-state index contributed by atoms with van der Waals surface area (Å²) >= 11 is 0. The molecular weight excluding hydrogens is 264 g/mol. The zero-order valence-electron chi connectivity index (χ0n) is 11.4. The number of halogens is 2. The Hall–Kier alpha value is -1.69. The van der Waals surface area contributed by atoms with E-state index in [1.807, 2.05) is 5.43 Å². The normalized spacial score (nSPS) is 21.8. The summed E-state index contributed by atoms with van der Waals surface area (Å²) in [5.74, 6) is 3.79. The van der Waals surface area contributed by atoms with Gasteiger partial charge >= 0.3 is 0 Å². The molecule has 20 heavy (non-hydrogen) atoms. The lowest BCUT2D eigenvalue weighted by molar-refractivity contribution is 0.0943. The van der Waals surface area contributed by atoms with Crippen LogP contribution in [0.2, 0.25) is 0 Å². The molecule has 2 atom stereocenters. The maximum atomic E-state index is 13.5. The molecule has 1 amide bonds. The van der Waals surface area contributed by atoms with Gasteiger partial charge in [-0.2, -0.15) is 0 Å². The van der Waals surface area contributed by atoms with Crippen molar-refractivity contribution in [1.82, 2.24) is 5.32 Å². The lowest BCUT2D eigenvalue weighted by Gasteiger charge is -2.16. The van der Waals surface area contributed by atoms with Crippen LogP contribution in [0.4, 0.5) is 14.5 Å². The van der Waals surface area contributed by atoms with Crippen LogP contribution in [0.3, 0.4) is 0 Å². The van der Waals surface area contributed by atoms with Gasteiger partial charge in [-0.05, 0) is 30.4 Å². The van der Waals surface area contributed by atoms with Crippen LogP contribution in [0.1, 0.15) is 36.5 Å². The van der Waals surface area contributed by atoms with Gasteiger partial charge in [0.05, 0.1) is 0 Å². The third-order valence-electron chi connectivity index (χ3n) is 4.01. The van der Waals surface area contributed by atoms with Crippen molar-refractivity contribution in [2.45, 2.75) is 26.2 Å². The summed E-state index contributed by atoms with van der Waals surface area (Å²) in [6, 6.07) is 1.96. The monoisotopic (exact) mass is 283 g/mol. The van der Waals surface area contributed by atoms with Gasteiger partial charge in [0.25, 0.3) is 5.91 Å². The topological polar surface area (TPSA) is 67.2 Å². The fourth-order valence-corrected chi connectivity index (χ4v) is 2.69. The van der Waals surface area contributed by atoms with E-state index in [1.165, 1.54) is 12.8 Å². The molecule has 4 N–H and O–H groups in total. The van der Waals surface area contributed by atoms with Gasteiger partial charge < -0.3 is 10.7 Å². The zero-order chi connectivity index (χ0) is 14.7. The average molecular weight is 283 g/mol. The van der Waals surface area contributed by atoms with E-state index < -0.39 is 23.2 Å². The van der Waals surface area contributed by atoms with Gasteiger partial charge in [0.1, 0.15) is 5.69 Å². The second kappa shape index (κ2) is 6.17. The Morgan fingerprint density at radius 1 is 1.35 bits per heavy atom. The van der Waals surface area contributed by atoms with Crippen molar-refractivity contribution >= 4 is 11.6 Å². The predicted molar refractivity (Wildman–Crippen MR) is 73.0 cm³/mol. The minimum Gasteiger partial charge on any atom is -0.352 e. The molecule has 0 radical (unpaired) electrons. The number of nitrogens with one attached hydrogen (secondary N) is 2. The summed E-state index contributed by atoms with van der Waals surface area (Å²) in [5, 5.41) is 2.74. The minimum atomic E-state index is -0.883. The number of nitrogens with two attached hydrogens (primary N) is 1. The van der Waals surface area contributed by atoms with E-state index in [2.05, 4.69) is 12.2 Å². The molecule has 1 aromatic carbocycles. The van der Waals surface area contributed by atoms with Gasteiger partial charge in [-0.15, -0.1) is 0 Å². The van der Waals surface area contributed by atoms with Crippen LogP contribution in [0.5, 0.6) is 0 Å². The van der Waals surface area contributed by atoms with Crippen molar-refractivity contribution < 1.29 is 13.6 Å². The molecule has 2 rings (SSSR count). The Kier molecular flexibility index (Phi) is 4.54. The first-order valence-corrected chi connectivity index (χ1v) is 6.76. The molecule has 1 saturated carbocycles. The van der Waals surface area contributed by atoms with E-state index in [4.69, 9.17) is 5.84 Å². The summed E-state index contributed by atoms with van der Waals surface area (Å²) in [4.78, 5) is 11.9. The summed E-state index contributed by atoms with van der Waals surface area (Å²) in [5.41, 5.74) is 1.45. The van der Waals surface area contributed by atoms with Gasteiger partial charge in [-0.3, -0.25) is 10.6 Å². The van der Waals surface area contributed by atoms with Gasteiger partial charge in [0.15, 0.2) is 11.6 Å². The van der Waals surface area contributed by atoms with Crippen molar-refractivity contribution in [2.75, 3.05) is 12.0 Å². The molecule has 6 heteroatoms. The Labute approximate surface area is 116 Å². The number of amides is 1. The second-order valence-electron chi connectivity index (χ2n) is 5.34. The molecule has 0 bridgehead atoms. The molecular formula is C14H19F2N3O. The standard InChI is InChI=1S/C14H19F2N3O/c1-8-3-2-4-9(8)7-18-14(20)10-5-11(15)13(19-17)12(16)6-10/h5-6,8-9,19H,2-4,7,17H2,1H3,(H,18,20). The molecule has 1 aliphatic carbocycles. The summed E-state index contributed by atoms with van der Waals surface area (Å²) in [6.07, 6.45) is 3.42. The predicted octanol–water partition coefficient (Wildman–Crippen LogP) is 2.42. The summed E-state index contributed by atoms with van der Waals surface area (Å²) in [7, 11) is 0. The number of carbonyl (C=O) groups excluding carboxylic acids is 1. The molecule has 0 aliphatic heterocycles. The molecule has 4 nitrogen and oxygen atoms in total. The highest BCUT2D eigenvalue weighted by atomic mass is 19.1. The Balaban J connectivity index is 2.02. The van der Waals surface area contributed by atoms with Crippen LogP contribution < -0.4 is 16.6 Å². The molecule has 1 fully saturated rings. The van der Waals surface area contributed by atoms with E-state index in [0.29, 0.717) is 18.4 Å². The number of carbonyl (C=O) groups is 1. The number of benzene rings is 1. The lowest BCUT2D eigenvalue weighted by atomic mass is 9.98. The van der Waals surface area contributed by atoms with Crippen molar-refractivity contribution in [3.8, 4) is 0 Å². The second-order valence-corrected chi connectivity index (χ2v) is 5.34. The first-order chi connectivity index (χ1) is 9.52. The van der Waals surface area contributed by atoms with E-state index in [0.717, 1.165) is 18.6 Å². The highest BCUT2D eigenvalue weighted by Crippen LogP contribution is 2.30. The molecule has 110 valence electrons. The summed E-state index contributed by atoms with van der Waals surface area (Å²) in [6.45, 7) is 2.70. The largest absolute Gasteiger partial charge is 0.352 e. The zero-order valence-corrected chi connectivity index (χ0v) is 11.4. The van der Waals surface area contributed by atoms with E-state index in [1.54, 1.807) is 0 Å². The number of hydrazine groups is 1. The van der Waals surface area contributed by atoms with Gasteiger partial charge in [0.2, 0.25) is 0 Å². The van der Waals surface area contributed by atoms with Crippen LogP contribution in [0.15, 0.2) is 12.1 Å². The van der Waals surface area contributed by atoms with Gasteiger partial charge in [-0.1, -0.05) is 19.8 Å². The van der Waals surface area contributed by atoms with Crippen LogP contribution in [-0.4, -0.2) is 12.5 Å². The third-order valence-corrected chi connectivity index (χ3v) is 4.01. The highest BCUT2D eigenvalue weighted by Gasteiger charge is 2.24. The Bertz CT molecular complexity index is 484. The molecule has 2 unspecified atom stereocenters. The van der Waals surface area contributed by atoms with Crippen LogP contribution in [-0.2, 0) is 0 Å². The molecule has 0 saturated heterocycles.